The van der Waals surface area contributed by atoms with Gasteiger partial charge in [-0.05, 0) is 0 Å². The lowest BCUT2D eigenvalue weighted by Crippen LogP contribution is -3.20. The average molecular weight is 119 g/mol. The zero-order chi connectivity index (χ0) is 5.28. The van der Waals surface area contributed by atoms with E-state index in [9.17, 15) is 0 Å². The van der Waals surface area contributed by atoms with Gasteiger partial charge in [0, 0.05) is 0 Å². The molecule has 0 fully saturated rings. The van der Waals surface area contributed by atoms with Crippen LogP contribution in [0.15, 0.2) is 4.40 Å². The van der Waals surface area contributed by atoms with Crippen molar-refractivity contribution in [2.24, 2.45) is 16.0 Å². The van der Waals surface area contributed by atoms with Crippen LogP contribution in [-0.2, 0) is 0 Å². The van der Waals surface area contributed by atoms with Gasteiger partial charge in [-0.15, -0.1) is 0 Å². The summed E-state index contributed by atoms with van der Waals surface area (Å²) < 4.78 is 3.75. The molecule has 2 atom stereocenters. The van der Waals surface area contributed by atoms with Gasteiger partial charge < -0.3 is 0 Å². The van der Waals surface area contributed by atoms with Crippen LogP contribution in [0, 0.1) is 0 Å². The van der Waals surface area contributed by atoms with E-state index in [1.54, 1.807) is 6.34 Å². The predicted octanol–water partition coefficient (Wildman–Crippen LogP) is -2.32. The van der Waals surface area contributed by atoms with Crippen LogP contribution in [0.4, 0.5) is 0 Å². The Morgan fingerprint density at radius 3 is 2.71 bits per heavy atom. The highest BCUT2D eigenvalue weighted by Crippen LogP contribution is 2.01. The molecule has 0 aromatic carbocycles. The van der Waals surface area contributed by atoms with Gasteiger partial charge in [-0.3, -0.25) is 5.73 Å². The first kappa shape index (κ1) is 5.04. The number of nitrogens with one attached hydrogen (secondary N) is 1. The molecule has 4 nitrogen and oxygen atoms in total. The molecular weight excluding hydrogens is 112 g/mol. The van der Waals surface area contributed by atoms with Crippen molar-refractivity contribution in [3.8, 4) is 0 Å². The van der Waals surface area contributed by atoms with E-state index in [0.29, 0.717) is 5.01 Å². The molecule has 1 aliphatic rings. The van der Waals surface area contributed by atoms with Crippen LogP contribution < -0.4 is 16.6 Å². The highest BCUT2D eigenvalue weighted by molar-refractivity contribution is 7.98. The first-order chi connectivity index (χ1) is 3.30. The molecule has 0 saturated heterocycles. The molecule has 0 saturated carbocycles. The molecule has 7 heavy (non-hydrogen) atoms. The maximum absolute atomic E-state index is 5.35. The minimum absolute atomic E-state index is 0.0972. The van der Waals surface area contributed by atoms with Gasteiger partial charge in [-0.25, -0.2) is 0 Å². The highest BCUT2D eigenvalue weighted by Gasteiger charge is 2.17. The Balaban J connectivity index is 2.45. The van der Waals surface area contributed by atoms with E-state index < -0.39 is 0 Å². The van der Waals surface area contributed by atoms with Crippen molar-refractivity contribution in [1.82, 2.24) is 0 Å². The third-order valence-electron chi connectivity index (χ3n) is 0.705. The lowest BCUT2D eigenvalue weighted by Gasteiger charge is -2.02. The van der Waals surface area contributed by atoms with Gasteiger partial charge in [0.1, 0.15) is 0 Å². The van der Waals surface area contributed by atoms with Crippen molar-refractivity contribution in [3.05, 3.63) is 0 Å². The molecule has 1 aliphatic heterocycles. The largest absolute Gasteiger partial charge is 0.269 e. The summed E-state index contributed by atoms with van der Waals surface area (Å²) in [7, 11) is 0. The van der Waals surface area contributed by atoms with Crippen LogP contribution in [-0.4, -0.2) is 11.8 Å². The second kappa shape index (κ2) is 1.79. The molecule has 0 aromatic rings. The summed E-state index contributed by atoms with van der Waals surface area (Å²) >= 11 is 1.29. The van der Waals surface area contributed by atoms with Crippen molar-refractivity contribution in [3.63, 3.8) is 0 Å². The normalized spacial score (nSPS) is 39.7. The number of nitrogens with zero attached hydrogens (tertiary/aromatic N) is 1. The predicted molar refractivity (Wildman–Crippen MR) is 29.2 cm³/mol. The van der Waals surface area contributed by atoms with Crippen molar-refractivity contribution < 1.29 is 5.01 Å². The lowest BCUT2D eigenvalue weighted by molar-refractivity contribution is -0.820. The number of hydrogen-bond acceptors (Lipinski definition) is 4. The third kappa shape index (κ3) is 0.916. The smallest absolute Gasteiger partial charge is 0.231 e. The third-order valence-corrected chi connectivity index (χ3v) is 1.43. The van der Waals surface area contributed by atoms with Crippen LogP contribution in [0.5, 0.6) is 0 Å². The van der Waals surface area contributed by atoms with Crippen molar-refractivity contribution in [2.75, 3.05) is 0 Å². The van der Waals surface area contributed by atoms with E-state index in [4.69, 9.17) is 11.6 Å². The van der Waals surface area contributed by atoms with Crippen LogP contribution in [0.3, 0.4) is 0 Å². The van der Waals surface area contributed by atoms with Gasteiger partial charge in [0.15, 0.2) is 0 Å². The standard InChI is InChI=1S/C2H6N4S/c3-2-6(4)1-5-7-2/h1-2H,3-4H2/p+1. The van der Waals surface area contributed by atoms with Gasteiger partial charge in [0.2, 0.25) is 11.8 Å². The minimum atomic E-state index is -0.0972. The Hall–Kier alpha value is -0.100. The summed E-state index contributed by atoms with van der Waals surface area (Å²) in [4.78, 5) is 0. The van der Waals surface area contributed by atoms with E-state index in [0.717, 1.165) is 0 Å². The molecule has 1 rings (SSSR count). The Labute approximate surface area is 45.7 Å². The quantitative estimate of drug-likeness (QED) is 0.247. The van der Waals surface area contributed by atoms with E-state index in [-0.39, 0.29) is 5.50 Å². The van der Waals surface area contributed by atoms with Crippen LogP contribution in [0.25, 0.3) is 0 Å². The fourth-order valence-electron chi connectivity index (χ4n) is 0.291. The lowest BCUT2D eigenvalue weighted by atomic mass is 11.0. The highest BCUT2D eigenvalue weighted by atomic mass is 32.2. The zero-order valence-corrected chi connectivity index (χ0v) is 4.48. The van der Waals surface area contributed by atoms with Crippen LogP contribution in [0.2, 0.25) is 0 Å². The number of hydrogen-bond donors (Lipinski definition) is 3. The van der Waals surface area contributed by atoms with Gasteiger partial charge in [0.05, 0.1) is 11.9 Å². The Morgan fingerprint density at radius 1 is 1.86 bits per heavy atom. The topological polar surface area (TPSA) is 68.8 Å². The van der Waals surface area contributed by atoms with Gasteiger partial charge >= 0.3 is 0 Å². The minimum Gasteiger partial charge on any atom is -0.269 e. The van der Waals surface area contributed by atoms with Crippen LogP contribution >= 0.6 is 11.9 Å². The molecule has 0 bridgehead atoms. The number of quaternary nitrogens is 1. The molecule has 40 valence electrons. The fourth-order valence-corrected chi connectivity index (χ4v) is 0.787. The SMILES string of the molecule is NC1SN=C[NH+]1N. The monoisotopic (exact) mass is 119 g/mol. The first-order valence-electron chi connectivity index (χ1n) is 1.88. The van der Waals surface area contributed by atoms with Crippen LogP contribution in [0.1, 0.15) is 0 Å². The zero-order valence-electron chi connectivity index (χ0n) is 3.66. The maximum Gasteiger partial charge on any atom is 0.231 e. The van der Waals surface area contributed by atoms with Crippen molar-refractivity contribution in [2.45, 2.75) is 5.50 Å². The molecule has 1 heterocycles. The second-order valence-electron chi connectivity index (χ2n) is 1.26. The molecule has 0 aromatic heterocycles. The summed E-state index contributed by atoms with van der Waals surface area (Å²) in [5, 5.41) is 0.657. The van der Waals surface area contributed by atoms with E-state index in [1.807, 2.05) is 0 Å². The Bertz CT molecular complexity index is 91.7. The van der Waals surface area contributed by atoms with Crippen molar-refractivity contribution >= 4 is 18.3 Å². The molecule has 5 N–H and O–H groups in total. The average Bonchev–Trinajstić information content (AvgIpc) is 1.91. The van der Waals surface area contributed by atoms with Gasteiger partial charge in [0.25, 0.3) is 0 Å². The Kier molecular flexibility index (Phi) is 1.29. The molecular formula is C2H7N4S+. The summed E-state index contributed by atoms with van der Waals surface area (Å²) in [6, 6.07) is 0. The maximum atomic E-state index is 5.35. The van der Waals surface area contributed by atoms with E-state index in [2.05, 4.69) is 4.40 Å². The summed E-state index contributed by atoms with van der Waals surface area (Å²) in [6.07, 6.45) is 1.58. The molecule has 5 heteroatoms. The molecule has 0 amide bonds. The number of nitrogens with two attached hydrogens (primary N) is 2. The molecule has 0 spiro atoms. The van der Waals surface area contributed by atoms with Gasteiger partial charge in [-0.1, -0.05) is 0 Å². The van der Waals surface area contributed by atoms with Gasteiger partial charge in [-0.2, -0.15) is 15.2 Å². The first-order valence-corrected chi connectivity index (χ1v) is 2.71. The van der Waals surface area contributed by atoms with E-state index >= 15 is 0 Å². The number of rotatable bonds is 0. The summed E-state index contributed by atoms with van der Waals surface area (Å²) in [5.41, 5.74) is 5.26. The van der Waals surface area contributed by atoms with Crippen molar-refractivity contribution in [1.29, 1.82) is 0 Å². The molecule has 2 unspecified atom stereocenters. The second-order valence-corrected chi connectivity index (χ2v) is 2.19. The fraction of sp³-hybridized carbons (Fsp3) is 0.500. The summed E-state index contributed by atoms with van der Waals surface area (Å²) in [6.45, 7) is 0. The molecule has 0 aliphatic carbocycles. The van der Waals surface area contributed by atoms with E-state index in [1.165, 1.54) is 11.9 Å². The molecule has 0 radical (unpaired) electrons. The Morgan fingerprint density at radius 2 is 2.57 bits per heavy atom. The summed E-state index contributed by atoms with van der Waals surface area (Å²) in [5.74, 6) is 5.30.